The highest BCUT2D eigenvalue weighted by Gasteiger charge is 2.15. The Hall–Kier alpha value is -1.86. The lowest BCUT2D eigenvalue weighted by atomic mass is 10.2. The summed E-state index contributed by atoms with van der Waals surface area (Å²) in [7, 11) is 0. The lowest BCUT2D eigenvalue weighted by molar-refractivity contribution is 0.629. The van der Waals surface area contributed by atoms with Gasteiger partial charge in [0.25, 0.3) is 0 Å². The summed E-state index contributed by atoms with van der Waals surface area (Å²) in [5.74, 6) is 6.64. The zero-order chi connectivity index (χ0) is 15.5. The first-order valence-corrected chi connectivity index (χ1v) is 8.25. The van der Waals surface area contributed by atoms with Crippen molar-refractivity contribution in [3.05, 3.63) is 64.4 Å². The zero-order valence-corrected chi connectivity index (χ0v) is 13.8. The van der Waals surface area contributed by atoms with Crippen molar-refractivity contribution in [2.24, 2.45) is 0 Å². The van der Waals surface area contributed by atoms with Gasteiger partial charge in [-0.25, -0.2) is 9.07 Å². The maximum absolute atomic E-state index is 13.8. The Bertz CT molecular complexity index is 806. The molecule has 0 bridgehead atoms. The average molecular weight is 379 g/mol. The Morgan fingerprint density at radius 1 is 1.14 bits per heavy atom. The monoisotopic (exact) mass is 378 g/mol. The fraction of sp³-hybridized carbons (Fsp3) is 0.0667. The second-order valence-electron chi connectivity index (χ2n) is 4.57. The number of hydrogen-bond acceptors (Lipinski definition) is 4. The molecule has 1 heterocycles. The maximum atomic E-state index is 13.8. The molecular weight excluding hydrogens is 367 g/mol. The van der Waals surface area contributed by atoms with Crippen LogP contribution in [0.3, 0.4) is 0 Å². The summed E-state index contributed by atoms with van der Waals surface area (Å²) in [5, 5.41) is 8.58. The fourth-order valence-corrected chi connectivity index (χ4v) is 3.22. The fourth-order valence-electron chi connectivity index (χ4n) is 1.98. The third-order valence-corrected chi connectivity index (χ3v) is 4.54. The van der Waals surface area contributed by atoms with Crippen LogP contribution in [0.4, 0.5) is 4.39 Å². The first kappa shape index (κ1) is 15.1. The first-order valence-electron chi connectivity index (χ1n) is 6.48. The quantitative estimate of drug-likeness (QED) is 0.553. The van der Waals surface area contributed by atoms with E-state index < -0.39 is 0 Å². The Balaban J connectivity index is 1.81. The Morgan fingerprint density at radius 2 is 1.95 bits per heavy atom. The van der Waals surface area contributed by atoms with Crippen molar-refractivity contribution in [1.82, 2.24) is 14.9 Å². The van der Waals surface area contributed by atoms with Crippen LogP contribution in [0.25, 0.3) is 11.4 Å². The van der Waals surface area contributed by atoms with E-state index in [0.29, 0.717) is 22.3 Å². The van der Waals surface area contributed by atoms with Gasteiger partial charge in [-0.15, -0.1) is 10.2 Å². The van der Waals surface area contributed by atoms with Gasteiger partial charge in [-0.1, -0.05) is 52.0 Å². The number of nitrogens with two attached hydrogens (primary N) is 1. The second-order valence-corrected chi connectivity index (χ2v) is 6.43. The van der Waals surface area contributed by atoms with Crippen LogP contribution in [0.15, 0.2) is 58.2 Å². The summed E-state index contributed by atoms with van der Waals surface area (Å²) in [5.41, 5.74) is 1.47. The van der Waals surface area contributed by atoms with Crippen LogP contribution in [0, 0.1) is 5.82 Å². The molecule has 0 radical (unpaired) electrons. The molecule has 1 aromatic heterocycles. The Labute approximate surface area is 139 Å². The highest BCUT2D eigenvalue weighted by molar-refractivity contribution is 9.10. The molecule has 0 amide bonds. The number of rotatable bonds is 4. The van der Waals surface area contributed by atoms with Crippen molar-refractivity contribution in [2.45, 2.75) is 10.9 Å². The minimum atomic E-state index is -0.370. The first-order chi connectivity index (χ1) is 10.6. The molecule has 0 aliphatic heterocycles. The van der Waals surface area contributed by atoms with E-state index in [1.165, 1.54) is 22.5 Å². The predicted octanol–water partition coefficient (Wildman–Crippen LogP) is 3.85. The van der Waals surface area contributed by atoms with Crippen molar-refractivity contribution in [2.75, 3.05) is 5.84 Å². The highest BCUT2D eigenvalue weighted by atomic mass is 79.9. The minimum Gasteiger partial charge on any atom is -0.335 e. The molecule has 0 fully saturated rings. The van der Waals surface area contributed by atoms with Crippen molar-refractivity contribution in [3.8, 4) is 11.4 Å². The molecule has 0 unspecified atom stereocenters. The van der Waals surface area contributed by atoms with Crippen LogP contribution in [-0.2, 0) is 5.75 Å². The molecule has 4 nitrogen and oxygen atoms in total. The highest BCUT2D eigenvalue weighted by Crippen LogP contribution is 2.26. The summed E-state index contributed by atoms with van der Waals surface area (Å²) < 4.78 is 16.2. The maximum Gasteiger partial charge on any atom is 0.210 e. The molecule has 0 spiro atoms. The number of thioether (sulfide) groups is 1. The van der Waals surface area contributed by atoms with Crippen LogP contribution in [0.1, 0.15) is 5.56 Å². The molecule has 0 aliphatic rings. The molecule has 2 N–H and O–H groups in total. The van der Waals surface area contributed by atoms with Crippen molar-refractivity contribution in [3.63, 3.8) is 0 Å². The normalized spacial score (nSPS) is 10.8. The van der Waals surface area contributed by atoms with Crippen molar-refractivity contribution in [1.29, 1.82) is 0 Å². The summed E-state index contributed by atoms with van der Waals surface area (Å²) in [6.07, 6.45) is 0. The molecule has 7 heteroatoms. The second kappa shape index (κ2) is 6.50. The third kappa shape index (κ3) is 3.15. The smallest absolute Gasteiger partial charge is 0.210 e. The van der Waals surface area contributed by atoms with E-state index in [0.717, 1.165) is 10.0 Å². The van der Waals surface area contributed by atoms with Gasteiger partial charge in [0.05, 0.1) is 5.56 Å². The van der Waals surface area contributed by atoms with Crippen LogP contribution in [-0.4, -0.2) is 14.9 Å². The predicted molar refractivity (Wildman–Crippen MR) is 89.3 cm³/mol. The molecule has 3 rings (SSSR count). The molecule has 22 heavy (non-hydrogen) atoms. The van der Waals surface area contributed by atoms with Gasteiger partial charge in [0, 0.05) is 10.2 Å². The van der Waals surface area contributed by atoms with E-state index in [9.17, 15) is 4.39 Å². The van der Waals surface area contributed by atoms with Gasteiger partial charge in [0.2, 0.25) is 5.16 Å². The molecule has 3 aromatic rings. The van der Waals surface area contributed by atoms with E-state index in [2.05, 4.69) is 26.1 Å². The molecule has 0 atom stereocenters. The third-order valence-electron chi connectivity index (χ3n) is 3.04. The van der Waals surface area contributed by atoms with Crippen LogP contribution >= 0.6 is 27.7 Å². The lowest BCUT2D eigenvalue weighted by Crippen LogP contribution is -2.12. The van der Waals surface area contributed by atoms with Crippen LogP contribution in [0.5, 0.6) is 0 Å². The van der Waals surface area contributed by atoms with Gasteiger partial charge in [-0.2, -0.15) is 0 Å². The Morgan fingerprint density at radius 3 is 2.73 bits per heavy atom. The molecule has 0 saturated carbocycles. The van der Waals surface area contributed by atoms with E-state index in [-0.39, 0.29) is 5.82 Å². The summed E-state index contributed by atoms with van der Waals surface area (Å²) in [6.45, 7) is 0. The topological polar surface area (TPSA) is 56.7 Å². The number of benzene rings is 2. The van der Waals surface area contributed by atoms with E-state index in [4.69, 9.17) is 5.84 Å². The van der Waals surface area contributed by atoms with Crippen molar-refractivity contribution < 1.29 is 4.39 Å². The van der Waals surface area contributed by atoms with Crippen LogP contribution < -0.4 is 5.84 Å². The van der Waals surface area contributed by atoms with Crippen molar-refractivity contribution >= 4 is 27.7 Å². The lowest BCUT2D eigenvalue weighted by Gasteiger charge is -2.05. The Kier molecular flexibility index (Phi) is 4.44. The molecular formula is C15H12BrFN4S. The number of nitrogens with zero attached hydrogens (tertiary/aromatic N) is 3. The van der Waals surface area contributed by atoms with Gasteiger partial charge in [0.1, 0.15) is 5.82 Å². The minimum absolute atomic E-state index is 0.315. The number of halogens is 2. The van der Waals surface area contributed by atoms with Gasteiger partial charge < -0.3 is 5.84 Å². The largest absolute Gasteiger partial charge is 0.335 e. The van der Waals surface area contributed by atoms with Gasteiger partial charge in [-0.05, 0) is 29.8 Å². The zero-order valence-electron chi connectivity index (χ0n) is 11.4. The SMILES string of the molecule is Nn1c(SCc2cccc(Br)c2)nnc1-c1ccccc1F. The van der Waals surface area contributed by atoms with Gasteiger partial charge in [-0.3, -0.25) is 0 Å². The van der Waals surface area contributed by atoms with Gasteiger partial charge in [0.15, 0.2) is 5.82 Å². The van der Waals surface area contributed by atoms with E-state index in [1.54, 1.807) is 18.2 Å². The molecule has 112 valence electrons. The standard InChI is InChI=1S/C15H12BrFN4S/c16-11-5-3-4-10(8-11)9-22-15-20-19-14(21(15)18)12-6-1-2-7-13(12)17/h1-8H,9,18H2. The molecule has 0 saturated heterocycles. The van der Waals surface area contributed by atoms with Gasteiger partial charge >= 0.3 is 0 Å². The summed E-state index contributed by atoms with van der Waals surface area (Å²) >= 11 is 4.89. The van der Waals surface area contributed by atoms with E-state index >= 15 is 0 Å². The molecule has 2 aromatic carbocycles. The molecule has 0 aliphatic carbocycles. The average Bonchev–Trinajstić information content (AvgIpc) is 2.87. The number of nitrogen functional groups attached to an aromatic ring is 1. The van der Waals surface area contributed by atoms with Crippen LogP contribution in [0.2, 0.25) is 0 Å². The summed E-state index contributed by atoms with van der Waals surface area (Å²) in [6, 6.07) is 14.4. The summed E-state index contributed by atoms with van der Waals surface area (Å²) in [4.78, 5) is 0. The number of aromatic nitrogens is 3. The van der Waals surface area contributed by atoms with E-state index in [1.807, 2.05) is 24.3 Å². The number of hydrogen-bond donors (Lipinski definition) is 1.